The Morgan fingerprint density at radius 3 is 2.89 bits per heavy atom. The van der Waals surface area contributed by atoms with Crippen LogP contribution in [0.3, 0.4) is 0 Å². The number of carbonyl (C=O) groups excluding carboxylic acids is 1. The van der Waals surface area contributed by atoms with Crippen LogP contribution in [-0.4, -0.2) is 28.4 Å². The van der Waals surface area contributed by atoms with Gasteiger partial charge in [-0.2, -0.15) is 0 Å². The van der Waals surface area contributed by atoms with Crippen LogP contribution in [0.2, 0.25) is 0 Å². The van der Waals surface area contributed by atoms with Crippen molar-refractivity contribution >= 4 is 28.5 Å². The molecule has 1 aliphatic rings. The summed E-state index contributed by atoms with van der Waals surface area (Å²) in [6, 6.07) is 3.64. The summed E-state index contributed by atoms with van der Waals surface area (Å²) in [4.78, 5) is 18.5. The Kier molecular flexibility index (Phi) is 4.21. The van der Waals surface area contributed by atoms with Crippen molar-refractivity contribution in [3.63, 3.8) is 0 Å². The average molecular weight is 359 g/mol. The predicted octanol–water partition coefficient (Wildman–Crippen LogP) is 1.55. The summed E-state index contributed by atoms with van der Waals surface area (Å²) in [7, 11) is 0. The zero-order chi connectivity index (χ0) is 13.3. The maximum atomic E-state index is 12.2. The van der Waals surface area contributed by atoms with Crippen molar-refractivity contribution in [3.8, 4) is 0 Å². The molecule has 5 heteroatoms. The summed E-state index contributed by atoms with van der Waals surface area (Å²) in [5.74, 6) is 0.225. The molecule has 1 aromatic rings. The Balaban J connectivity index is 2.12. The van der Waals surface area contributed by atoms with Gasteiger partial charge in [-0.25, -0.2) is 4.98 Å². The molecule has 2 heterocycles. The number of rotatable bonds is 2. The van der Waals surface area contributed by atoms with Gasteiger partial charge in [0.1, 0.15) is 3.70 Å². The number of pyridine rings is 1. The summed E-state index contributed by atoms with van der Waals surface area (Å²) < 4.78 is 1.00. The van der Waals surface area contributed by atoms with E-state index in [-0.39, 0.29) is 11.8 Å². The van der Waals surface area contributed by atoms with Crippen LogP contribution in [0.25, 0.3) is 0 Å². The minimum atomic E-state index is -0.400. The molecule has 1 aliphatic heterocycles. The molecule has 0 radical (unpaired) electrons. The highest BCUT2D eigenvalue weighted by Crippen LogP contribution is 2.19. The maximum absolute atomic E-state index is 12.2. The van der Waals surface area contributed by atoms with Gasteiger partial charge in [0.2, 0.25) is 5.91 Å². The van der Waals surface area contributed by atoms with E-state index in [4.69, 9.17) is 5.73 Å². The van der Waals surface area contributed by atoms with Gasteiger partial charge in [0.25, 0.3) is 0 Å². The highest BCUT2D eigenvalue weighted by molar-refractivity contribution is 14.1. The average Bonchev–Trinajstić information content (AvgIpc) is 2.36. The van der Waals surface area contributed by atoms with Crippen LogP contribution in [0.4, 0.5) is 0 Å². The first-order chi connectivity index (χ1) is 8.49. The zero-order valence-electron chi connectivity index (χ0n) is 10.7. The van der Waals surface area contributed by atoms with Gasteiger partial charge in [-0.3, -0.25) is 4.79 Å². The maximum Gasteiger partial charge on any atom is 0.240 e. The molecule has 0 unspecified atom stereocenters. The summed E-state index contributed by atoms with van der Waals surface area (Å²) in [5.41, 5.74) is 8.19. The quantitative estimate of drug-likeness (QED) is 0.644. The lowest BCUT2D eigenvalue weighted by atomic mass is 10.0. The van der Waals surface area contributed by atoms with E-state index in [1.807, 2.05) is 24.8 Å². The highest BCUT2D eigenvalue weighted by atomic mass is 127. The second kappa shape index (κ2) is 5.52. The Hall–Kier alpha value is -0.690. The second-order valence-corrected chi connectivity index (χ2v) is 6.12. The fraction of sp³-hybridized carbons (Fsp3) is 0.538. The van der Waals surface area contributed by atoms with E-state index >= 15 is 0 Å². The Bertz CT molecular complexity index is 462. The molecule has 0 saturated heterocycles. The number of fused-ring (bicyclic) bond motifs is 1. The Labute approximate surface area is 121 Å². The van der Waals surface area contributed by atoms with Crippen molar-refractivity contribution in [1.29, 1.82) is 0 Å². The van der Waals surface area contributed by atoms with Gasteiger partial charge in [0, 0.05) is 25.2 Å². The molecule has 2 N–H and O–H groups in total. The molecule has 1 amide bonds. The van der Waals surface area contributed by atoms with Crippen LogP contribution in [0.5, 0.6) is 0 Å². The molecule has 18 heavy (non-hydrogen) atoms. The zero-order valence-corrected chi connectivity index (χ0v) is 12.8. The van der Waals surface area contributed by atoms with Crippen molar-refractivity contribution in [3.05, 3.63) is 27.1 Å². The number of hydrogen-bond acceptors (Lipinski definition) is 3. The van der Waals surface area contributed by atoms with E-state index in [1.54, 1.807) is 0 Å². The summed E-state index contributed by atoms with van der Waals surface area (Å²) in [6.07, 6.45) is 0.822. The molecule has 1 atom stereocenters. The van der Waals surface area contributed by atoms with E-state index in [0.29, 0.717) is 6.54 Å². The van der Waals surface area contributed by atoms with Crippen molar-refractivity contribution in [2.45, 2.75) is 32.9 Å². The van der Waals surface area contributed by atoms with Gasteiger partial charge >= 0.3 is 0 Å². The standard InChI is InChI=1S/C13H18IN3O/c1-8(2)12(15)13(18)17-6-5-10-9(7-17)3-4-11(14)16-10/h3-4,8,12H,5-7,15H2,1-2H3/t12-/m0/s1. The van der Waals surface area contributed by atoms with Gasteiger partial charge in [0.05, 0.1) is 6.04 Å². The topological polar surface area (TPSA) is 59.2 Å². The number of aromatic nitrogens is 1. The summed E-state index contributed by atoms with van der Waals surface area (Å²) >= 11 is 2.21. The molecule has 0 fully saturated rings. The van der Waals surface area contributed by atoms with Crippen LogP contribution < -0.4 is 5.73 Å². The molecular weight excluding hydrogens is 341 g/mol. The monoisotopic (exact) mass is 359 g/mol. The highest BCUT2D eigenvalue weighted by Gasteiger charge is 2.27. The Morgan fingerprint density at radius 2 is 2.22 bits per heavy atom. The number of carbonyl (C=O) groups is 1. The molecule has 0 aliphatic carbocycles. The van der Waals surface area contributed by atoms with Gasteiger partial charge in [-0.15, -0.1) is 0 Å². The number of nitrogens with zero attached hydrogens (tertiary/aromatic N) is 2. The minimum absolute atomic E-state index is 0.0502. The molecule has 98 valence electrons. The first kappa shape index (κ1) is 13.7. The smallest absolute Gasteiger partial charge is 0.240 e. The largest absolute Gasteiger partial charge is 0.337 e. The molecular formula is C13H18IN3O. The van der Waals surface area contributed by atoms with Crippen LogP contribution in [0.1, 0.15) is 25.1 Å². The molecule has 2 rings (SSSR count). The molecule has 0 saturated carbocycles. The van der Waals surface area contributed by atoms with E-state index in [0.717, 1.165) is 27.9 Å². The lowest BCUT2D eigenvalue weighted by Gasteiger charge is -2.31. The second-order valence-electron chi connectivity index (χ2n) is 5.02. The number of halogens is 1. The minimum Gasteiger partial charge on any atom is -0.337 e. The van der Waals surface area contributed by atoms with Crippen molar-refractivity contribution in [2.75, 3.05) is 6.54 Å². The van der Waals surface area contributed by atoms with Gasteiger partial charge in [-0.05, 0) is 40.1 Å². The number of amides is 1. The van der Waals surface area contributed by atoms with Crippen molar-refractivity contribution in [1.82, 2.24) is 9.88 Å². The van der Waals surface area contributed by atoms with E-state index in [2.05, 4.69) is 33.6 Å². The van der Waals surface area contributed by atoms with E-state index < -0.39 is 6.04 Å². The Morgan fingerprint density at radius 1 is 1.50 bits per heavy atom. The molecule has 4 nitrogen and oxygen atoms in total. The third-order valence-electron chi connectivity index (χ3n) is 3.33. The van der Waals surface area contributed by atoms with Crippen LogP contribution in [0, 0.1) is 9.62 Å². The van der Waals surface area contributed by atoms with Crippen LogP contribution >= 0.6 is 22.6 Å². The fourth-order valence-corrected chi connectivity index (χ4v) is 2.54. The normalized spacial score (nSPS) is 16.6. The van der Waals surface area contributed by atoms with E-state index in [1.165, 1.54) is 0 Å². The summed E-state index contributed by atoms with van der Waals surface area (Å²) in [5, 5.41) is 0. The van der Waals surface area contributed by atoms with Gasteiger partial charge in [-0.1, -0.05) is 19.9 Å². The lowest BCUT2D eigenvalue weighted by molar-refractivity contribution is -0.134. The summed E-state index contributed by atoms with van der Waals surface area (Å²) in [6.45, 7) is 5.31. The van der Waals surface area contributed by atoms with Gasteiger partial charge < -0.3 is 10.6 Å². The molecule has 0 aromatic carbocycles. The first-order valence-electron chi connectivity index (χ1n) is 6.17. The van der Waals surface area contributed by atoms with Crippen LogP contribution in [-0.2, 0) is 17.8 Å². The van der Waals surface area contributed by atoms with Crippen LogP contribution in [0.15, 0.2) is 12.1 Å². The number of nitrogens with two attached hydrogens (primary N) is 1. The van der Waals surface area contributed by atoms with Crippen molar-refractivity contribution < 1.29 is 4.79 Å². The third kappa shape index (κ3) is 2.83. The van der Waals surface area contributed by atoms with Crippen molar-refractivity contribution in [2.24, 2.45) is 11.7 Å². The first-order valence-corrected chi connectivity index (χ1v) is 7.25. The number of hydrogen-bond donors (Lipinski definition) is 1. The fourth-order valence-electron chi connectivity index (χ4n) is 2.07. The molecule has 0 spiro atoms. The molecule has 0 bridgehead atoms. The molecule has 1 aromatic heterocycles. The van der Waals surface area contributed by atoms with E-state index in [9.17, 15) is 4.79 Å². The SMILES string of the molecule is CC(C)[C@H](N)C(=O)N1CCc2nc(I)ccc2C1. The lowest BCUT2D eigenvalue weighted by Crippen LogP contribution is -2.48. The predicted molar refractivity (Wildman–Crippen MR) is 78.9 cm³/mol. The van der Waals surface area contributed by atoms with Gasteiger partial charge in [0.15, 0.2) is 0 Å². The third-order valence-corrected chi connectivity index (χ3v) is 3.93.